The lowest BCUT2D eigenvalue weighted by Gasteiger charge is -2.22. The molecule has 1 aromatic rings. The van der Waals surface area contributed by atoms with Crippen LogP contribution in [0.3, 0.4) is 0 Å². The molecule has 0 atom stereocenters. The van der Waals surface area contributed by atoms with Gasteiger partial charge in [0, 0.05) is 25.7 Å². The van der Waals surface area contributed by atoms with Gasteiger partial charge in [-0.3, -0.25) is 0 Å². The highest BCUT2D eigenvalue weighted by molar-refractivity contribution is 7.89. The van der Waals surface area contributed by atoms with E-state index in [0.717, 1.165) is 0 Å². The van der Waals surface area contributed by atoms with Gasteiger partial charge in [-0.25, -0.2) is 18.1 Å². The normalized spacial score (nSPS) is 18.4. The number of sulfonamides is 1. The molecule has 7 heteroatoms. The molecule has 0 radical (unpaired) electrons. The largest absolute Gasteiger partial charge is 0.381 e. The first-order valence-electron chi connectivity index (χ1n) is 5.76. The molecule has 0 bridgehead atoms. The zero-order valence-corrected chi connectivity index (χ0v) is 10.6. The summed E-state index contributed by atoms with van der Waals surface area (Å²) in [5, 5.41) is 0.140. The van der Waals surface area contributed by atoms with E-state index in [1.54, 1.807) is 0 Å². The van der Waals surface area contributed by atoms with E-state index < -0.39 is 10.0 Å². The highest BCUT2D eigenvalue weighted by Crippen LogP contribution is 2.12. The Morgan fingerprint density at radius 3 is 2.82 bits per heavy atom. The second kappa shape index (κ2) is 5.16. The van der Waals surface area contributed by atoms with Crippen LogP contribution in [0.4, 0.5) is 0 Å². The molecule has 17 heavy (non-hydrogen) atoms. The minimum Gasteiger partial charge on any atom is -0.381 e. The van der Waals surface area contributed by atoms with Crippen LogP contribution in [0.1, 0.15) is 25.6 Å². The summed E-state index contributed by atoms with van der Waals surface area (Å²) in [6.45, 7) is 3.13. The van der Waals surface area contributed by atoms with Crippen LogP contribution in [0, 0.1) is 0 Å². The summed E-state index contributed by atoms with van der Waals surface area (Å²) in [6, 6.07) is -0.0397. The Morgan fingerprint density at radius 2 is 2.24 bits per heavy atom. The first-order valence-corrected chi connectivity index (χ1v) is 7.24. The number of H-pyrrole nitrogens is 1. The number of nitrogens with one attached hydrogen (secondary N) is 2. The van der Waals surface area contributed by atoms with E-state index in [-0.39, 0.29) is 11.1 Å². The molecule has 1 fully saturated rings. The molecule has 0 aromatic carbocycles. The van der Waals surface area contributed by atoms with Crippen molar-refractivity contribution < 1.29 is 13.2 Å². The molecule has 2 N–H and O–H groups in total. The molecule has 2 heterocycles. The van der Waals surface area contributed by atoms with E-state index in [1.165, 1.54) is 6.20 Å². The van der Waals surface area contributed by atoms with Crippen molar-refractivity contribution in [2.75, 3.05) is 13.2 Å². The van der Waals surface area contributed by atoms with E-state index in [9.17, 15) is 8.42 Å². The van der Waals surface area contributed by atoms with Crippen molar-refractivity contribution in [2.24, 2.45) is 0 Å². The first kappa shape index (κ1) is 12.5. The molecular formula is C10H17N3O3S. The predicted octanol–water partition coefficient (Wildman–Crippen LogP) is 0.429. The molecule has 0 spiro atoms. The lowest BCUT2D eigenvalue weighted by Crippen LogP contribution is -2.38. The number of aryl methyl sites for hydroxylation is 1. The van der Waals surface area contributed by atoms with Crippen LogP contribution in [-0.2, 0) is 21.2 Å². The quantitative estimate of drug-likeness (QED) is 0.821. The average molecular weight is 259 g/mol. The van der Waals surface area contributed by atoms with Crippen molar-refractivity contribution in [3.63, 3.8) is 0 Å². The number of ether oxygens (including phenoxy) is 1. The molecule has 2 rings (SSSR count). The average Bonchev–Trinajstić information content (AvgIpc) is 2.79. The monoisotopic (exact) mass is 259 g/mol. The standard InChI is InChI=1S/C10H17N3O3S/c1-2-9-11-7-10(12-9)17(14,15)13-8-3-5-16-6-4-8/h7-8,13H,2-6H2,1H3,(H,11,12). The molecule has 1 aromatic heterocycles. The third kappa shape index (κ3) is 3.05. The van der Waals surface area contributed by atoms with Gasteiger partial charge in [-0.1, -0.05) is 6.92 Å². The number of rotatable bonds is 4. The number of aromatic amines is 1. The van der Waals surface area contributed by atoms with Crippen LogP contribution in [0.5, 0.6) is 0 Å². The van der Waals surface area contributed by atoms with Crippen LogP contribution >= 0.6 is 0 Å². The molecular weight excluding hydrogens is 242 g/mol. The smallest absolute Gasteiger partial charge is 0.257 e. The van der Waals surface area contributed by atoms with Crippen molar-refractivity contribution >= 4 is 10.0 Å². The van der Waals surface area contributed by atoms with Gasteiger partial charge in [0.2, 0.25) is 0 Å². The van der Waals surface area contributed by atoms with Crippen molar-refractivity contribution in [1.82, 2.24) is 14.7 Å². The molecule has 96 valence electrons. The van der Waals surface area contributed by atoms with Gasteiger partial charge in [0.15, 0.2) is 5.03 Å². The lowest BCUT2D eigenvalue weighted by molar-refractivity contribution is 0.0832. The number of nitrogens with zero attached hydrogens (tertiary/aromatic N) is 1. The number of aromatic nitrogens is 2. The molecule has 0 aliphatic carbocycles. The summed E-state index contributed by atoms with van der Waals surface area (Å²) in [5.41, 5.74) is 0. The van der Waals surface area contributed by atoms with Crippen molar-refractivity contribution in [3.8, 4) is 0 Å². The van der Waals surface area contributed by atoms with Gasteiger partial charge in [-0.05, 0) is 12.8 Å². The number of imidazole rings is 1. The van der Waals surface area contributed by atoms with Gasteiger partial charge in [-0.15, -0.1) is 0 Å². The van der Waals surface area contributed by atoms with E-state index in [0.29, 0.717) is 38.3 Å². The Bertz CT molecular complexity index is 463. The molecule has 0 saturated carbocycles. The maximum absolute atomic E-state index is 12.0. The van der Waals surface area contributed by atoms with Crippen LogP contribution in [0.25, 0.3) is 0 Å². The summed E-state index contributed by atoms with van der Waals surface area (Å²) in [6.07, 6.45) is 3.48. The molecule has 1 aliphatic heterocycles. The summed E-state index contributed by atoms with van der Waals surface area (Å²) in [5.74, 6) is 0.678. The fraction of sp³-hybridized carbons (Fsp3) is 0.700. The molecule has 6 nitrogen and oxygen atoms in total. The van der Waals surface area contributed by atoms with E-state index in [2.05, 4.69) is 14.7 Å². The Labute approximate surface area is 101 Å². The van der Waals surface area contributed by atoms with Gasteiger partial charge in [0.25, 0.3) is 10.0 Å². The maximum atomic E-state index is 12.0. The number of hydrogen-bond acceptors (Lipinski definition) is 4. The molecule has 0 amide bonds. The van der Waals surface area contributed by atoms with Crippen LogP contribution in [-0.4, -0.2) is 37.6 Å². The second-order valence-corrected chi connectivity index (χ2v) is 5.74. The fourth-order valence-corrected chi connectivity index (χ4v) is 3.00. The van der Waals surface area contributed by atoms with E-state index in [1.807, 2.05) is 6.92 Å². The summed E-state index contributed by atoms with van der Waals surface area (Å²) >= 11 is 0. The fourth-order valence-electron chi connectivity index (χ4n) is 1.76. The van der Waals surface area contributed by atoms with Crippen LogP contribution in [0.15, 0.2) is 11.2 Å². The Hall–Kier alpha value is -0.920. The zero-order chi connectivity index (χ0) is 12.3. The van der Waals surface area contributed by atoms with Crippen LogP contribution < -0.4 is 4.72 Å². The van der Waals surface area contributed by atoms with Crippen molar-refractivity contribution in [2.45, 2.75) is 37.3 Å². The SMILES string of the molecule is CCc1ncc(S(=O)(=O)NC2CCOCC2)[nH]1. The summed E-state index contributed by atoms with van der Waals surface area (Å²) in [4.78, 5) is 6.79. The minimum atomic E-state index is -3.47. The Morgan fingerprint density at radius 1 is 1.53 bits per heavy atom. The summed E-state index contributed by atoms with van der Waals surface area (Å²) in [7, 11) is -3.47. The third-order valence-corrected chi connectivity index (χ3v) is 4.20. The molecule has 0 unspecified atom stereocenters. The van der Waals surface area contributed by atoms with Gasteiger partial charge >= 0.3 is 0 Å². The van der Waals surface area contributed by atoms with Gasteiger partial charge in [-0.2, -0.15) is 0 Å². The first-order chi connectivity index (χ1) is 8.12. The second-order valence-electron chi connectivity index (χ2n) is 4.06. The van der Waals surface area contributed by atoms with Gasteiger partial charge in [0.1, 0.15) is 5.82 Å². The van der Waals surface area contributed by atoms with Gasteiger partial charge < -0.3 is 9.72 Å². The highest BCUT2D eigenvalue weighted by atomic mass is 32.2. The highest BCUT2D eigenvalue weighted by Gasteiger charge is 2.23. The summed E-state index contributed by atoms with van der Waals surface area (Å²) < 4.78 is 31.9. The van der Waals surface area contributed by atoms with E-state index in [4.69, 9.17) is 4.74 Å². The zero-order valence-electron chi connectivity index (χ0n) is 9.77. The van der Waals surface area contributed by atoms with Crippen molar-refractivity contribution in [1.29, 1.82) is 0 Å². The topological polar surface area (TPSA) is 84.1 Å². The maximum Gasteiger partial charge on any atom is 0.257 e. The Balaban J connectivity index is 2.07. The molecule has 1 aliphatic rings. The van der Waals surface area contributed by atoms with E-state index >= 15 is 0 Å². The number of hydrogen-bond donors (Lipinski definition) is 2. The van der Waals surface area contributed by atoms with Crippen LogP contribution in [0.2, 0.25) is 0 Å². The Kier molecular flexibility index (Phi) is 3.80. The third-order valence-electron chi connectivity index (χ3n) is 2.77. The predicted molar refractivity (Wildman–Crippen MR) is 62.1 cm³/mol. The van der Waals surface area contributed by atoms with Crippen molar-refractivity contribution in [3.05, 3.63) is 12.0 Å². The molecule has 1 saturated heterocycles. The lowest BCUT2D eigenvalue weighted by atomic mass is 10.1. The van der Waals surface area contributed by atoms with Gasteiger partial charge in [0.05, 0.1) is 6.20 Å². The minimum absolute atomic E-state index is 0.0397.